The molecule has 0 heterocycles. The van der Waals surface area contributed by atoms with Gasteiger partial charge >= 0.3 is 0 Å². The Balaban J connectivity index is 2.65. The first kappa shape index (κ1) is 13.9. The van der Waals surface area contributed by atoms with E-state index < -0.39 is 0 Å². The Morgan fingerprint density at radius 1 is 1.06 bits per heavy atom. The van der Waals surface area contributed by atoms with Crippen molar-refractivity contribution in [1.82, 2.24) is 0 Å². The number of hydrogen-bond acceptors (Lipinski definition) is 1. The fourth-order valence-electron chi connectivity index (χ4n) is 1.68. The van der Waals surface area contributed by atoms with Crippen molar-refractivity contribution in [1.29, 1.82) is 0 Å². The number of halogens is 2. The SMILES string of the molecule is Cc1cc(F)c(NC(C)CCC(C)C)cc1F. The molecule has 0 aliphatic rings. The fourth-order valence-corrected chi connectivity index (χ4v) is 1.68. The minimum Gasteiger partial charge on any atom is -0.380 e. The Bertz CT molecular complexity index is 375. The lowest BCUT2D eigenvalue weighted by atomic mass is 10.0. The molecule has 0 amide bonds. The van der Waals surface area contributed by atoms with Gasteiger partial charge in [-0.15, -0.1) is 0 Å². The topological polar surface area (TPSA) is 12.0 Å². The average Bonchev–Trinajstić information content (AvgIpc) is 2.23. The fraction of sp³-hybridized carbons (Fsp3) is 0.571. The van der Waals surface area contributed by atoms with Crippen LogP contribution in [0.4, 0.5) is 14.5 Å². The largest absolute Gasteiger partial charge is 0.380 e. The Kier molecular flexibility index (Phi) is 4.91. The van der Waals surface area contributed by atoms with Gasteiger partial charge in [-0.1, -0.05) is 13.8 Å². The van der Waals surface area contributed by atoms with E-state index in [9.17, 15) is 8.78 Å². The molecule has 0 saturated carbocycles. The van der Waals surface area contributed by atoms with E-state index in [1.807, 2.05) is 6.92 Å². The van der Waals surface area contributed by atoms with Gasteiger partial charge in [0.05, 0.1) is 5.69 Å². The molecule has 1 rings (SSSR count). The molecule has 1 atom stereocenters. The molecule has 96 valence electrons. The summed E-state index contributed by atoms with van der Waals surface area (Å²) in [6.07, 6.45) is 2.02. The van der Waals surface area contributed by atoms with Crippen LogP contribution >= 0.6 is 0 Å². The van der Waals surface area contributed by atoms with Gasteiger partial charge in [0, 0.05) is 12.1 Å². The monoisotopic (exact) mass is 241 g/mol. The lowest BCUT2D eigenvalue weighted by Crippen LogP contribution is -2.17. The molecule has 0 spiro atoms. The normalized spacial score (nSPS) is 12.9. The van der Waals surface area contributed by atoms with Gasteiger partial charge in [-0.3, -0.25) is 0 Å². The van der Waals surface area contributed by atoms with Crippen LogP contribution in [0.5, 0.6) is 0 Å². The Labute approximate surface area is 102 Å². The zero-order valence-corrected chi connectivity index (χ0v) is 11.0. The maximum atomic E-state index is 13.6. The van der Waals surface area contributed by atoms with E-state index in [1.54, 1.807) is 6.92 Å². The molecule has 0 aliphatic carbocycles. The highest BCUT2D eigenvalue weighted by atomic mass is 19.1. The van der Waals surface area contributed by atoms with Crippen molar-refractivity contribution < 1.29 is 8.78 Å². The van der Waals surface area contributed by atoms with Crippen LogP contribution in [0.3, 0.4) is 0 Å². The lowest BCUT2D eigenvalue weighted by molar-refractivity contribution is 0.524. The molecule has 0 saturated heterocycles. The van der Waals surface area contributed by atoms with Gasteiger partial charge in [-0.05, 0) is 44.2 Å². The maximum Gasteiger partial charge on any atom is 0.146 e. The first-order valence-electron chi connectivity index (χ1n) is 6.12. The molecule has 0 bridgehead atoms. The summed E-state index contributed by atoms with van der Waals surface area (Å²) in [6.45, 7) is 7.85. The summed E-state index contributed by atoms with van der Waals surface area (Å²) in [4.78, 5) is 0. The van der Waals surface area contributed by atoms with Crippen molar-refractivity contribution in [2.45, 2.75) is 46.6 Å². The molecule has 1 aromatic carbocycles. The second-order valence-electron chi connectivity index (χ2n) is 5.10. The standard InChI is InChI=1S/C14H21F2N/c1-9(2)5-6-11(4)17-14-8-12(15)10(3)7-13(14)16/h7-9,11,17H,5-6H2,1-4H3. The number of rotatable bonds is 5. The van der Waals surface area contributed by atoms with Crippen molar-refractivity contribution in [3.8, 4) is 0 Å². The molecule has 0 aliphatic heterocycles. The van der Waals surface area contributed by atoms with Crippen molar-refractivity contribution in [3.05, 3.63) is 29.3 Å². The van der Waals surface area contributed by atoms with Crippen LogP contribution in [0, 0.1) is 24.5 Å². The van der Waals surface area contributed by atoms with E-state index in [0.717, 1.165) is 12.8 Å². The Morgan fingerprint density at radius 2 is 1.71 bits per heavy atom. The summed E-state index contributed by atoms with van der Waals surface area (Å²) in [7, 11) is 0. The minimum absolute atomic E-state index is 0.147. The van der Waals surface area contributed by atoms with Gasteiger partial charge in [0.1, 0.15) is 11.6 Å². The summed E-state index contributed by atoms with van der Waals surface area (Å²) >= 11 is 0. The van der Waals surface area contributed by atoms with Crippen LogP contribution in [-0.2, 0) is 0 Å². The van der Waals surface area contributed by atoms with Crippen molar-refractivity contribution >= 4 is 5.69 Å². The molecule has 0 radical (unpaired) electrons. The third-order valence-corrected chi connectivity index (χ3v) is 2.83. The van der Waals surface area contributed by atoms with Crippen molar-refractivity contribution in [3.63, 3.8) is 0 Å². The lowest BCUT2D eigenvalue weighted by Gasteiger charge is -2.17. The van der Waals surface area contributed by atoms with E-state index in [4.69, 9.17) is 0 Å². The predicted octanol–water partition coefficient (Wildman–Crippen LogP) is 4.51. The average molecular weight is 241 g/mol. The summed E-state index contributed by atoms with van der Waals surface area (Å²) in [6, 6.07) is 2.61. The number of hydrogen-bond donors (Lipinski definition) is 1. The van der Waals surface area contributed by atoms with E-state index in [1.165, 1.54) is 12.1 Å². The van der Waals surface area contributed by atoms with Crippen molar-refractivity contribution in [2.24, 2.45) is 5.92 Å². The molecule has 1 unspecified atom stereocenters. The van der Waals surface area contributed by atoms with Crippen LogP contribution in [0.15, 0.2) is 12.1 Å². The smallest absolute Gasteiger partial charge is 0.146 e. The molecule has 17 heavy (non-hydrogen) atoms. The Morgan fingerprint density at radius 3 is 2.29 bits per heavy atom. The van der Waals surface area contributed by atoms with Crippen molar-refractivity contribution in [2.75, 3.05) is 5.32 Å². The van der Waals surface area contributed by atoms with E-state index in [-0.39, 0.29) is 23.4 Å². The van der Waals surface area contributed by atoms with E-state index in [0.29, 0.717) is 11.5 Å². The summed E-state index contributed by atoms with van der Waals surface area (Å²) in [5.41, 5.74) is 0.590. The predicted molar refractivity (Wildman–Crippen MR) is 68.3 cm³/mol. The van der Waals surface area contributed by atoms with Gasteiger partial charge < -0.3 is 5.32 Å². The van der Waals surface area contributed by atoms with Gasteiger partial charge in [0.2, 0.25) is 0 Å². The second-order valence-corrected chi connectivity index (χ2v) is 5.10. The van der Waals surface area contributed by atoms with Crippen LogP contribution in [0.25, 0.3) is 0 Å². The summed E-state index contributed by atoms with van der Waals surface area (Å²) in [5.74, 6) is -0.135. The molecular formula is C14H21F2N. The number of aryl methyl sites for hydroxylation is 1. The zero-order valence-electron chi connectivity index (χ0n) is 11.0. The quantitative estimate of drug-likeness (QED) is 0.799. The number of benzene rings is 1. The summed E-state index contributed by atoms with van der Waals surface area (Å²) < 4.78 is 26.9. The minimum atomic E-state index is -0.389. The Hall–Kier alpha value is -1.12. The maximum absolute atomic E-state index is 13.6. The highest BCUT2D eigenvalue weighted by Crippen LogP contribution is 2.20. The third-order valence-electron chi connectivity index (χ3n) is 2.83. The molecule has 0 fully saturated rings. The van der Waals surface area contributed by atoms with Gasteiger partial charge in [-0.25, -0.2) is 8.78 Å². The molecule has 1 N–H and O–H groups in total. The van der Waals surface area contributed by atoms with Crippen LogP contribution in [0.2, 0.25) is 0 Å². The number of nitrogens with one attached hydrogen (secondary N) is 1. The van der Waals surface area contributed by atoms with Gasteiger partial charge in [-0.2, -0.15) is 0 Å². The molecule has 1 aromatic rings. The van der Waals surface area contributed by atoms with Gasteiger partial charge in [0.25, 0.3) is 0 Å². The molecule has 0 aromatic heterocycles. The third kappa shape index (κ3) is 4.33. The van der Waals surface area contributed by atoms with E-state index >= 15 is 0 Å². The molecule has 3 heteroatoms. The first-order valence-corrected chi connectivity index (χ1v) is 6.12. The highest BCUT2D eigenvalue weighted by molar-refractivity contribution is 5.47. The first-order chi connectivity index (χ1) is 7.90. The highest BCUT2D eigenvalue weighted by Gasteiger charge is 2.10. The van der Waals surface area contributed by atoms with E-state index in [2.05, 4.69) is 19.2 Å². The number of anilines is 1. The second kappa shape index (κ2) is 5.99. The van der Waals surface area contributed by atoms with Gasteiger partial charge in [0.15, 0.2) is 0 Å². The zero-order chi connectivity index (χ0) is 13.0. The molecular weight excluding hydrogens is 220 g/mol. The summed E-state index contributed by atoms with van der Waals surface area (Å²) in [5, 5.41) is 3.02. The van der Waals surface area contributed by atoms with Crippen LogP contribution in [-0.4, -0.2) is 6.04 Å². The van der Waals surface area contributed by atoms with Crippen LogP contribution in [0.1, 0.15) is 39.2 Å². The van der Waals surface area contributed by atoms with Crippen LogP contribution < -0.4 is 5.32 Å². The molecule has 1 nitrogen and oxygen atoms in total.